The zero-order valence-electron chi connectivity index (χ0n) is 22.5. The van der Waals surface area contributed by atoms with Gasteiger partial charge in [-0.05, 0) is 42.5 Å². The summed E-state index contributed by atoms with van der Waals surface area (Å²) in [6.07, 6.45) is 7.28. The molecule has 0 aromatic heterocycles. The van der Waals surface area contributed by atoms with Crippen LogP contribution in [0.2, 0.25) is 0 Å². The molecule has 3 atom stereocenters. The Morgan fingerprint density at radius 2 is 1.69 bits per heavy atom. The zero-order valence-corrected chi connectivity index (χ0v) is 22.5. The standard InChI is InChI=1S/C31H40N2O6/c1-2-18-33(26-6-3-4-7-26)20-27-19-28(23-12-10-22(21-34)11-13-23)39-31(38-27)24-14-16-25(17-15-24)32-29(35)8-5-9-30(36)37/h2,10-17,26-28,31,34H,1,3-9,18-21H2,(H,32,35)(H,36,37)/t27-,28+,31+/m0/s1. The van der Waals surface area contributed by atoms with Crippen molar-refractivity contribution in [1.29, 1.82) is 0 Å². The highest BCUT2D eigenvalue weighted by atomic mass is 16.7. The number of nitrogens with one attached hydrogen (secondary N) is 1. The zero-order chi connectivity index (χ0) is 27.6. The van der Waals surface area contributed by atoms with Crippen LogP contribution in [0.4, 0.5) is 5.69 Å². The second-order valence-electron chi connectivity index (χ2n) is 10.4. The molecule has 8 nitrogen and oxygen atoms in total. The van der Waals surface area contributed by atoms with Gasteiger partial charge in [-0.15, -0.1) is 6.58 Å². The molecule has 39 heavy (non-hydrogen) atoms. The number of nitrogens with zero attached hydrogens (tertiary/aromatic N) is 1. The average Bonchev–Trinajstić information content (AvgIpc) is 3.48. The fourth-order valence-electron chi connectivity index (χ4n) is 5.45. The molecule has 0 unspecified atom stereocenters. The molecule has 4 rings (SSSR count). The van der Waals surface area contributed by atoms with Crippen molar-refractivity contribution in [2.45, 2.75) is 82.5 Å². The number of hydrogen-bond donors (Lipinski definition) is 3. The van der Waals surface area contributed by atoms with Crippen molar-refractivity contribution in [2.75, 3.05) is 18.4 Å². The molecular weight excluding hydrogens is 496 g/mol. The van der Waals surface area contributed by atoms with Crippen LogP contribution < -0.4 is 5.32 Å². The van der Waals surface area contributed by atoms with E-state index in [1.807, 2.05) is 54.6 Å². The Hall–Kier alpha value is -3.04. The molecule has 0 spiro atoms. The van der Waals surface area contributed by atoms with Gasteiger partial charge in [0.1, 0.15) is 0 Å². The third-order valence-electron chi connectivity index (χ3n) is 7.52. The SMILES string of the molecule is C=CCN(C[C@@H]1C[C@H](c2ccc(CO)cc2)O[C@H](c2ccc(NC(=O)CCCC(=O)O)cc2)O1)C1CCCC1. The molecule has 1 saturated heterocycles. The van der Waals surface area contributed by atoms with Crippen LogP contribution in [0.25, 0.3) is 0 Å². The van der Waals surface area contributed by atoms with Gasteiger partial charge in [0.25, 0.3) is 0 Å². The van der Waals surface area contributed by atoms with Gasteiger partial charge in [-0.2, -0.15) is 0 Å². The van der Waals surface area contributed by atoms with Crippen LogP contribution in [-0.2, 0) is 25.7 Å². The number of benzene rings is 2. The topological polar surface area (TPSA) is 108 Å². The Morgan fingerprint density at radius 1 is 1.00 bits per heavy atom. The number of ether oxygens (including phenoxy) is 2. The van der Waals surface area contributed by atoms with E-state index in [1.165, 1.54) is 25.7 Å². The molecular formula is C31H40N2O6. The number of anilines is 1. The minimum atomic E-state index is -0.906. The van der Waals surface area contributed by atoms with Crippen LogP contribution >= 0.6 is 0 Å². The van der Waals surface area contributed by atoms with E-state index in [0.29, 0.717) is 18.2 Å². The molecule has 210 valence electrons. The second-order valence-corrected chi connectivity index (χ2v) is 10.4. The number of carboxylic acids is 1. The van der Waals surface area contributed by atoms with Crippen LogP contribution in [0, 0.1) is 0 Å². The number of aliphatic hydroxyl groups is 1. The predicted octanol–water partition coefficient (Wildman–Crippen LogP) is 5.35. The van der Waals surface area contributed by atoms with E-state index in [2.05, 4.69) is 16.8 Å². The van der Waals surface area contributed by atoms with Gasteiger partial charge in [-0.25, -0.2) is 0 Å². The second kappa shape index (κ2) is 14.4. The molecule has 1 heterocycles. The minimum absolute atomic E-state index is 0.000509. The molecule has 1 aliphatic heterocycles. The lowest BCUT2D eigenvalue weighted by molar-refractivity contribution is -0.253. The van der Waals surface area contributed by atoms with Crippen LogP contribution in [0.5, 0.6) is 0 Å². The number of carbonyl (C=O) groups excluding carboxylic acids is 1. The number of amides is 1. The molecule has 2 aromatic rings. The Kier molecular flexibility index (Phi) is 10.7. The Morgan fingerprint density at radius 3 is 2.33 bits per heavy atom. The number of hydrogen-bond acceptors (Lipinski definition) is 6. The molecule has 0 bridgehead atoms. The first-order chi connectivity index (χ1) is 18.9. The average molecular weight is 537 g/mol. The molecule has 1 aliphatic carbocycles. The predicted molar refractivity (Wildman–Crippen MR) is 149 cm³/mol. The van der Waals surface area contributed by atoms with Crippen molar-refractivity contribution < 1.29 is 29.3 Å². The fraction of sp³-hybridized carbons (Fsp3) is 0.484. The van der Waals surface area contributed by atoms with Crippen molar-refractivity contribution in [2.24, 2.45) is 0 Å². The smallest absolute Gasteiger partial charge is 0.303 e. The molecule has 2 aliphatic rings. The first-order valence-electron chi connectivity index (χ1n) is 13.9. The summed E-state index contributed by atoms with van der Waals surface area (Å²) in [6, 6.07) is 15.8. The first kappa shape index (κ1) is 29.0. The van der Waals surface area contributed by atoms with Gasteiger partial charge < -0.3 is 25.0 Å². The molecule has 1 amide bonds. The van der Waals surface area contributed by atoms with E-state index in [4.69, 9.17) is 14.6 Å². The van der Waals surface area contributed by atoms with Crippen LogP contribution in [0.3, 0.4) is 0 Å². The van der Waals surface area contributed by atoms with Gasteiger partial charge in [0, 0.05) is 49.6 Å². The highest BCUT2D eigenvalue weighted by Gasteiger charge is 2.34. The summed E-state index contributed by atoms with van der Waals surface area (Å²) in [4.78, 5) is 25.3. The van der Waals surface area contributed by atoms with E-state index < -0.39 is 12.3 Å². The summed E-state index contributed by atoms with van der Waals surface area (Å²) >= 11 is 0. The Bertz CT molecular complexity index is 1080. The van der Waals surface area contributed by atoms with Gasteiger partial charge >= 0.3 is 5.97 Å². The summed E-state index contributed by atoms with van der Waals surface area (Å²) in [5.74, 6) is -1.12. The Labute approximate surface area is 230 Å². The number of aliphatic carboxylic acids is 1. The van der Waals surface area contributed by atoms with Crippen molar-refractivity contribution in [3.05, 3.63) is 77.9 Å². The van der Waals surface area contributed by atoms with E-state index in [1.54, 1.807) is 0 Å². The fourth-order valence-corrected chi connectivity index (χ4v) is 5.45. The minimum Gasteiger partial charge on any atom is -0.481 e. The molecule has 1 saturated carbocycles. The largest absolute Gasteiger partial charge is 0.481 e. The maximum atomic E-state index is 12.2. The maximum Gasteiger partial charge on any atom is 0.303 e. The van der Waals surface area contributed by atoms with E-state index in [-0.39, 0.29) is 37.6 Å². The van der Waals surface area contributed by atoms with E-state index >= 15 is 0 Å². The lowest BCUT2D eigenvalue weighted by Gasteiger charge is -2.39. The van der Waals surface area contributed by atoms with Gasteiger partial charge in [0.15, 0.2) is 6.29 Å². The van der Waals surface area contributed by atoms with Gasteiger partial charge in [0.2, 0.25) is 5.91 Å². The van der Waals surface area contributed by atoms with Gasteiger partial charge in [-0.1, -0.05) is 55.3 Å². The summed E-state index contributed by atoms with van der Waals surface area (Å²) in [5, 5.41) is 21.0. The summed E-state index contributed by atoms with van der Waals surface area (Å²) in [5.41, 5.74) is 3.41. The molecule has 2 aromatic carbocycles. The van der Waals surface area contributed by atoms with Gasteiger partial charge in [0.05, 0.1) is 18.8 Å². The lowest BCUT2D eigenvalue weighted by Crippen LogP contribution is -2.43. The third-order valence-corrected chi connectivity index (χ3v) is 7.52. The van der Waals surface area contributed by atoms with Crippen LogP contribution in [0.15, 0.2) is 61.2 Å². The molecule has 8 heteroatoms. The van der Waals surface area contributed by atoms with Crippen molar-refractivity contribution >= 4 is 17.6 Å². The van der Waals surface area contributed by atoms with E-state index in [9.17, 15) is 14.7 Å². The number of aliphatic hydroxyl groups excluding tert-OH is 1. The highest BCUT2D eigenvalue weighted by molar-refractivity contribution is 5.90. The van der Waals surface area contributed by atoms with Crippen molar-refractivity contribution in [3.63, 3.8) is 0 Å². The highest BCUT2D eigenvalue weighted by Crippen LogP contribution is 2.39. The first-order valence-corrected chi connectivity index (χ1v) is 13.9. The van der Waals surface area contributed by atoms with Crippen LogP contribution in [-0.4, -0.2) is 52.2 Å². The maximum absolute atomic E-state index is 12.2. The van der Waals surface area contributed by atoms with Crippen LogP contribution in [0.1, 0.15) is 80.5 Å². The quantitative estimate of drug-likeness (QED) is 0.296. The summed E-state index contributed by atoms with van der Waals surface area (Å²) in [7, 11) is 0. The molecule has 3 N–H and O–H groups in total. The number of carbonyl (C=O) groups is 2. The lowest BCUT2D eigenvalue weighted by atomic mass is 9.99. The third kappa shape index (κ3) is 8.47. The molecule has 2 fully saturated rings. The summed E-state index contributed by atoms with van der Waals surface area (Å²) < 4.78 is 13.0. The normalized spacial score (nSPS) is 21.6. The van der Waals surface area contributed by atoms with E-state index in [0.717, 1.165) is 36.2 Å². The van der Waals surface area contributed by atoms with Crippen molar-refractivity contribution in [1.82, 2.24) is 4.90 Å². The van der Waals surface area contributed by atoms with Crippen molar-refractivity contribution in [3.8, 4) is 0 Å². The number of carboxylic acid groups (broad SMARTS) is 1. The number of rotatable bonds is 13. The monoisotopic (exact) mass is 536 g/mol. The molecule has 0 radical (unpaired) electrons. The van der Waals surface area contributed by atoms with Gasteiger partial charge in [-0.3, -0.25) is 14.5 Å². The summed E-state index contributed by atoms with van der Waals surface area (Å²) in [6.45, 7) is 5.60. The Balaban J connectivity index is 1.47.